The van der Waals surface area contributed by atoms with Gasteiger partial charge in [-0.3, -0.25) is 14.4 Å². The minimum absolute atomic E-state index is 0.0385. The van der Waals surface area contributed by atoms with Gasteiger partial charge in [0.05, 0.1) is 16.3 Å². The summed E-state index contributed by atoms with van der Waals surface area (Å²) in [5.41, 5.74) is 1.74. The Hall–Kier alpha value is -5.43. The molecule has 3 aromatic carbocycles. The monoisotopic (exact) mass is 591 g/mol. The van der Waals surface area contributed by atoms with Crippen molar-refractivity contribution in [3.05, 3.63) is 101 Å². The number of nitrogens with zero attached hydrogens (tertiary/aromatic N) is 4. The van der Waals surface area contributed by atoms with Gasteiger partial charge in [-0.2, -0.15) is 4.68 Å². The maximum atomic E-state index is 14.9. The Morgan fingerprint density at radius 1 is 1.00 bits per heavy atom. The Labute approximate surface area is 243 Å². The molecule has 0 radical (unpaired) electrons. The molecule has 0 saturated heterocycles. The fourth-order valence-electron chi connectivity index (χ4n) is 3.86. The molecule has 4 N–H and O–H groups in total. The van der Waals surface area contributed by atoms with Gasteiger partial charge in [0.25, 0.3) is 0 Å². The number of benzene rings is 3. The summed E-state index contributed by atoms with van der Waals surface area (Å²) in [5.74, 6) is -3.46. The minimum atomic E-state index is -1.12. The average Bonchev–Trinajstić information content (AvgIpc) is 3.49. The van der Waals surface area contributed by atoms with Crippen LogP contribution in [0.2, 0.25) is 5.02 Å². The van der Waals surface area contributed by atoms with Crippen molar-refractivity contribution < 1.29 is 28.7 Å². The van der Waals surface area contributed by atoms with Crippen LogP contribution in [-0.2, 0) is 20.8 Å². The van der Waals surface area contributed by atoms with E-state index in [0.717, 1.165) is 6.08 Å². The van der Waals surface area contributed by atoms with Crippen LogP contribution in [0.25, 0.3) is 11.8 Å². The number of rotatable bonds is 10. The van der Waals surface area contributed by atoms with Crippen LogP contribution in [0.1, 0.15) is 28.4 Å². The fourth-order valence-corrected chi connectivity index (χ4v) is 4.03. The van der Waals surface area contributed by atoms with Gasteiger partial charge in [-0.1, -0.05) is 23.7 Å². The van der Waals surface area contributed by atoms with Crippen LogP contribution in [0.4, 0.5) is 15.8 Å². The van der Waals surface area contributed by atoms with Crippen molar-refractivity contribution in [3.8, 4) is 5.69 Å². The van der Waals surface area contributed by atoms with Crippen molar-refractivity contribution >= 4 is 52.7 Å². The highest BCUT2D eigenvalue weighted by Gasteiger charge is 2.22. The lowest BCUT2D eigenvalue weighted by molar-refractivity contribution is -0.123. The number of anilines is 2. The molecular formula is C28H23ClFN7O5. The van der Waals surface area contributed by atoms with Crippen LogP contribution in [-0.4, -0.2) is 55.0 Å². The third-order valence-corrected chi connectivity index (χ3v) is 6.15. The van der Waals surface area contributed by atoms with E-state index in [1.807, 2.05) is 0 Å². The Balaban J connectivity index is 1.56. The molecule has 0 bridgehead atoms. The highest BCUT2D eigenvalue weighted by atomic mass is 35.5. The smallest absolute Gasteiger partial charge is 0.335 e. The van der Waals surface area contributed by atoms with Crippen LogP contribution in [0.5, 0.6) is 0 Å². The zero-order chi connectivity index (χ0) is 30.2. The first kappa shape index (κ1) is 29.6. The maximum absolute atomic E-state index is 14.9. The Bertz CT molecular complexity index is 1640. The van der Waals surface area contributed by atoms with Crippen molar-refractivity contribution in [2.24, 2.45) is 0 Å². The second-order valence-electron chi connectivity index (χ2n) is 8.90. The minimum Gasteiger partial charge on any atom is -0.478 e. The van der Waals surface area contributed by atoms with Gasteiger partial charge in [0, 0.05) is 36.4 Å². The average molecular weight is 592 g/mol. The van der Waals surface area contributed by atoms with Crippen LogP contribution >= 0.6 is 11.6 Å². The second-order valence-corrected chi connectivity index (χ2v) is 9.30. The number of carboxylic acids is 1. The lowest BCUT2D eigenvalue weighted by atomic mass is 10.0. The molecule has 0 aliphatic carbocycles. The first-order chi connectivity index (χ1) is 20.1. The van der Waals surface area contributed by atoms with E-state index in [-0.39, 0.29) is 34.2 Å². The van der Waals surface area contributed by atoms with E-state index in [0.29, 0.717) is 16.9 Å². The molecule has 1 unspecified atom stereocenters. The number of tetrazole rings is 1. The lowest BCUT2D eigenvalue weighted by Crippen LogP contribution is -2.44. The molecule has 4 aromatic rings. The summed E-state index contributed by atoms with van der Waals surface area (Å²) in [6.07, 6.45) is 3.54. The van der Waals surface area contributed by atoms with Crippen LogP contribution in [0.15, 0.2) is 73.1 Å². The number of carbonyl (C=O) groups is 4. The molecule has 0 fully saturated rings. The van der Waals surface area contributed by atoms with E-state index in [2.05, 4.69) is 31.5 Å². The highest BCUT2D eigenvalue weighted by Crippen LogP contribution is 2.25. The fraction of sp³-hybridized carbons (Fsp3) is 0.107. The van der Waals surface area contributed by atoms with Crippen LogP contribution < -0.4 is 16.0 Å². The summed E-state index contributed by atoms with van der Waals surface area (Å²) < 4.78 is 16.1. The topological polar surface area (TPSA) is 168 Å². The Kier molecular flexibility index (Phi) is 9.35. The molecule has 12 nitrogen and oxygen atoms in total. The summed E-state index contributed by atoms with van der Waals surface area (Å²) in [7, 11) is 0. The van der Waals surface area contributed by atoms with E-state index in [9.17, 15) is 23.6 Å². The third-order valence-electron chi connectivity index (χ3n) is 5.85. The quantitative estimate of drug-likeness (QED) is 0.203. The van der Waals surface area contributed by atoms with Crippen molar-refractivity contribution in [2.45, 2.75) is 19.4 Å². The summed E-state index contributed by atoms with van der Waals surface area (Å²) in [6.45, 7) is 1.38. The van der Waals surface area contributed by atoms with Gasteiger partial charge in [0.15, 0.2) is 5.82 Å². The number of aromatic nitrogens is 4. The Morgan fingerprint density at radius 2 is 1.67 bits per heavy atom. The Morgan fingerprint density at radius 3 is 2.29 bits per heavy atom. The number of amides is 3. The number of nitrogens with one attached hydrogen (secondary N) is 3. The predicted octanol–water partition coefficient (Wildman–Crippen LogP) is 3.49. The molecule has 0 aliphatic rings. The van der Waals surface area contributed by atoms with E-state index in [4.69, 9.17) is 16.7 Å². The van der Waals surface area contributed by atoms with E-state index in [1.54, 1.807) is 24.3 Å². The van der Waals surface area contributed by atoms with Crippen molar-refractivity contribution in [1.29, 1.82) is 0 Å². The summed E-state index contributed by atoms with van der Waals surface area (Å²) in [5, 5.41) is 27.7. The second kappa shape index (κ2) is 13.3. The molecule has 0 aliphatic heterocycles. The third kappa shape index (κ3) is 7.61. The number of halogens is 2. The maximum Gasteiger partial charge on any atom is 0.335 e. The van der Waals surface area contributed by atoms with E-state index < -0.39 is 29.6 Å². The van der Waals surface area contributed by atoms with Gasteiger partial charge in [-0.15, -0.1) is 5.10 Å². The van der Waals surface area contributed by atoms with Gasteiger partial charge >= 0.3 is 5.97 Å². The standard InChI is InChI=1S/C28H23ClFN7O5/c1-16(38)32-19-6-2-17(3-7-19)14-23(27(40)33-20-8-4-18(5-9-20)28(41)42)34-25(39)13-10-21-24(37-15-31-35-36-37)12-11-22(29)26(21)30/h2-13,15,23H,14H2,1H3,(H,32,38)(H,33,40)(H,34,39)(H,41,42). The number of aromatic carboxylic acids is 1. The number of hydrogen-bond acceptors (Lipinski definition) is 7. The lowest BCUT2D eigenvalue weighted by Gasteiger charge is -2.18. The largest absolute Gasteiger partial charge is 0.478 e. The molecule has 14 heteroatoms. The molecule has 0 spiro atoms. The van der Waals surface area contributed by atoms with E-state index in [1.165, 1.54) is 60.4 Å². The normalized spacial score (nSPS) is 11.6. The molecule has 3 amide bonds. The molecule has 1 atom stereocenters. The number of carbonyl (C=O) groups excluding carboxylic acids is 3. The highest BCUT2D eigenvalue weighted by molar-refractivity contribution is 6.31. The van der Waals surface area contributed by atoms with Crippen molar-refractivity contribution in [3.63, 3.8) is 0 Å². The van der Waals surface area contributed by atoms with E-state index >= 15 is 0 Å². The predicted molar refractivity (Wildman–Crippen MR) is 152 cm³/mol. The zero-order valence-corrected chi connectivity index (χ0v) is 22.7. The summed E-state index contributed by atoms with van der Waals surface area (Å²) >= 11 is 5.94. The van der Waals surface area contributed by atoms with Gasteiger partial charge in [0.1, 0.15) is 12.4 Å². The van der Waals surface area contributed by atoms with Crippen molar-refractivity contribution in [1.82, 2.24) is 25.5 Å². The number of hydrogen-bond donors (Lipinski definition) is 4. The molecule has 42 heavy (non-hydrogen) atoms. The first-order valence-corrected chi connectivity index (χ1v) is 12.7. The molecule has 0 saturated carbocycles. The first-order valence-electron chi connectivity index (χ1n) is 12.3. The van der Waals surface area contributed by atoms with Gasteiger partial charge in [0.2, 0.25) is 17.7 Å². The molecule has 4 rings (SSSR count). The molecule has 214 valence electrons. The van der Waals surface area contributed by atoms with Crippen LogP contribution in [0, 0.1) is 5.82 Å². The van der Waals surface area contributed by atoms with Gasteiger partial charge < -0.3 is 21.1 Å². The SMILES string of the molecule is CC(=O)Nc1ccc(CC(NC(=O)C=Cc2c(-n3cnnn3)ccc(Cl)c2F)C(=O)Nc2ccc(C(=O)O)cc2)cc1. The number of carboxylic acid groups (broad SMARTS) is 1. The summed E-state index contributed by atoms with van der Waals surface area (Å²) in [6, 6.07) is 13.9. The molecular weight excluding hydrogens is 569 g/mol. The van der Waals surface area contributed by atoms with Crippen LogP contribution in [0.3, 0.4) is 0 Å². The summed E-state index contributed by atoms with van der Waals surface area (Å²) in [4.78, 5) is 48.7. The molecule has 1 heterocycles. The van der Waals surface area contributed by atoms with Crippen molar-refractivity contribution in [2.75, 3.05) is 10.6 Å². The zero-order valence-electron chi connectivity index (χ0n) is 21.9. The van der Waals surface area contributed by atoms with Gasteiger partial charge in [-0.05, 0) is 70.6 Å². The molecule has 1 aromatic heterocycles. The van der Waals surface area contributed by atoms with Gasteiger partial charge in [-0.25, -0.2) is 9.18 Å².